The fraction of sp³-hybridized carbons (Fsp3) is 0.292. The zero-order valence-corrected chi connectivity index (χ0v) is 18.8. The number of hydrogen-bond donors (Lipinski definition) is 0. The highest BCUT2D eigenvalue weighted by Crippen LogP contribution is 2.18. The summed E-state index contributed by atoms with van der Waals surface area (Å²) < 4.78 is 46.0. The number of carbonyl (C=O) groups excluding carboxylic acids is 1. The molecule has 0 spiro atoms. The summed E-state index contributed by atoms with van der Waals surface area (Å²) in [6, 6.07) is 17.9. The Bertz CT molecular complexity index is 1080. The van der Waals surface area contributed by atoms with Crippen molar-refractivity contribution in [2.24, 2.45) is 0 Å². The standard InChI is InChI=1S/C24H27FN2O4S/c1-2-15-27(32(29,30)23-12-10-21(25)11-13-23)19-24(28)26(18-22-9-6-17-31-22)16-14-20-7-4-3-5-8-20/h3-13,17H,2,14-16,18-19H2,1H3. The number of sulfonamides is 1. The lowest BCUT2D eigenvalue weighted by Gasteiger charge is -2.27. The highest BCUT2D eigenvalue weighted by Gasteiger charge is 2.28. The fourth-order valence-corrected chi connectivity index (χ4v) is 4.81. The Morgan fingerprint density at radius 2 is 1.69 bits per heavy atom. The van der Waals surface area contributed by atoms with Gasteiger partial charge in [0.05, 0.1) is 24.2 Å². The van der Waals surface area contributed by atoms with Crippen LogP contribution in [0, 0.1) is 5.82 Å². The molecule has 1 amide bonds. The maximum absolute atomic E-state index is 13.3. The molecule has 32 heavy (non-hydrogen) atoms. The van der Waals surface area contributed by atoms with Crippen molar-refractivity contribution in [3.63, 3.8) is 0 Å². The van der Waals surface area contributed by atoms with Crippen molar-refractivity contribution < 1.29 is 22.0 Å². The molecule has 1 aromatic heterocycles. The second-order valence-electron chi connectivity index (χ2n) is 7.42. The molecule has 1 heterocycles. The van der Waals surface area contributed by atoms with Crippen LogP contribution in [0.5, 0.6) is 0 Å². The molecule has 3 aromatic rings. The van der Waals surface area contributed by atoms with Crippen molar-refractivity contribution in [2.75, 3.05) is 19.6 Å². The van der Waals surface area contributed by atoms with Crippen molar-refractivity contribution in [1.29, 1.82) is 0 Å². The van der Waals surface area contributed by atoms with E-state index in [1.54, 1.807) is 17.0 Å². The largest absolute Gasteiger partial charge is 0.467 e. The molecule has 6 nitrogen and oxygen atoms in total. The summed E-state index contributed by atoms with van der Waals surface area (Å²) in [4.78, 5) is 14.8. The maximum Gasteiger partial charge on any atom is 0.243 e. The molecule has 0 aliphatic heterocycles. The first kappa shape index (κ1) is 23.7. The molecule has 0 radical (unpaired) electrons. The number of carbonyl (C=O) groups is 1. The number of amides is 1. The third kappa shape index (κ3) is 6.27. The lowest BCUT2D eigenvalue weighted by Crippen LogP contribution is -2.43. The van der Waals surface area contributed by atoms with Gasteiger partial charge in [-0.1, -0.05) is 37.3 Å². The molecule has 0 fully saturated rings. The average molecular weight is 459 g/mol. The second kappa shape index (κ2) is 11.1. The van der Waals surface area contributed by atoms with Gasteiger partial charge in [0, 0.05) is 13.1 Å². The molecule has 8 heteroatoms. The van der Waals surface area contributed by atoms with Gasteiger partial charge in [0.2, 0.25) is 15.9 Å². The predicted octanol–water partition coefficient (Wildman–Crippen LogP) is 4.09. The van der Waals surface area contributed by atoms with Crippen LogP contribution < -0.4 is 0 Å². The number of furan rings is 1. The molecule has 0 aliphatic carbocycles. The number of benzene rings is 2. The molecule has 0 bridgehead atoms. The van der Waals surface area contributed by atoms with E-state index in [1.807, 2.05) is 37.3 Å². The summed E-state index contributed by atoms with van der Waals surface area (Å²) in [6.45, 7) is 2.38. The third-order valence-electron chi connectivity index (χ3n) is 5.03. The fourth-order valence-electron chi connectivity index (χ4n) is 3.33. The smallest absolute Gasteiger partial charge is 0.243 e. The number of halogens is 1. The van der Waals surface area contributed by atoms with Crippen LogP contribution in [0.3, 0.4) is 0 Å². The molecule has 0 aliphatic rings. The Hall–Kier alpha value is -2.97. The molecular weight excluding hydrogens is 431 g/mol. The van der Waals surface area contributed by atoms with E-state index >= 15 is 0 Å². The maximum atomic E-state index is 13.3. The lowest BCUT2D eigenvalue weighted by molar-refractivity contribution is -0.132. The Kier molecular flexibility index (Phi) is 8.19. The summed E-state index contributed by atoms with van der Waals surface area (Å²) in [7, 11) is -3.94. The van der Waals surface area contributed by atoms with Crippen LogP contribution in [0.1, 0.15) is 24.7 Å². The first-order valence-corrected chi connectivity index (χ1v) is 11.9. The molecular formula is C24H27FN2O4S. The van der Waals surface area contributed by atoms with E-state index in [0.717, 1.165) is 22.0 Å². The highest BCUT2D eigenvalue weighted by molar-refractivity contribution is 7.89. The zero-order valence-electron chi connectivity index (χ0n) is 18.0. The van der Waals surface area contributed by atoms with Crippen LogP contribution >= 0.6 is 0 Å². The van der Waals surface area contributed by atoms with Gasteiger partial charge in [-0.05, 0) is 54.8 Å². The average Bonchev–Trinajstić information content (AvgIpc) is 3.30. The van der Waals surface area contributed by atoms with Gasteiger partial charge in [0.15, 0.2) is 0 Å². The summed E-state index contributed by atoms with van der Waals surface area (Å²) in [5, 5.41) is 0. The van der Waals surface area contributed by atoms with Crippen LogP contribution in [0.25, 0.3) is 0 Å². The van der Waals surface area contributed by atoms with Gasteiger partial charge >= 0.3 is 0 Å². The van der Waals surface area contributed by atoms with Crippen molar-refractivity contribution >= 4 is 15.9 Å². The van der Waals surface area contributed by atoms with Crippen LogP contribution in [0.4, 0.5) is 4.39 Å². The minimum absolute atomic E-state index is 0.0398. The quantitative estimate of drug-likeness (QED) is 0.434. The van der Waals surface area contributed by atoms with Crippen molar-refractivity contribution in [1.82, 2.24) is 9.21 Å². The van der Waals surface area contributed by atoms with Crippen LogP contribution in [-0.2, 0) is 27.8 Å². The van der Waals surface area contributed by atoms with E-state index in [4.69, 9.17) is 4.42 Å². The third-order valence-corrected chi connectivity index (χ3v) is 6.89. The van der Waals surface area contributed by atoms with Gasteiger partial charge in [-0.25, -0.2) is 12.8 Å². The van der Waals surface area contributed by atoms with Gasteiger partial charge in [-0.15, -0.1) is 0 Å². The van der Waals surface area contributed by atoms with E-state index in [0.29, 0.717) is 25.1 Å². The lowest BCUT2D eigenvalue weighted by atomic mass is 10.1. The first-order valence-electron chi connectivity index (χ1n) is 10.5. The second-order valence-corrected chi connectivity index (χ2v) is 9.36. The van der Waals surface area contributed by atoms with Crippen LogP contribution in [0.15, 0.2) is 82.3 Å². The zero-order chi connectivity index (χ0) is 23.0. The van der Waals surface area contributed by atoms with Gasteiger partial charge in [0.25, 0.3) is 0 Å². The molecule has 0 unspecified atom stereocenters. The summed E-state index contributed by atoms with van der Waals surface area (Å²) in [5.74, 6) is -0.223. The Labute approximate surface area is 188 Å². The molecule has 0 N–H and O–H groups in total. The van der Waals surface area contributed by atoms with Gasteiger partial charge < -0.3 is 9.32 Å². The number of hydrogen-bond acceptors (Lipinski definition) is 4. The Morgan fingerprint density at radius 1 is 0.969 bits per heavy atom. The topological polar surface area (TPSA) is 70.8 Å². The Morgan fingerprint density at radius 3 is 2.31 bits per heavy atom. The Balaban J connectivity index is 1.78. The summed E-state index contributed by atoms with van der Waals surface area (Å²) in [5.41, 5.74) is 1.08. The SMILES string of the molecule is CCCN(CC(=O)N(CCc1ccccc1)Cc1ccco1)S(=O)(=O)c1ccc(F)cc1. The molecule has 170 valence electrons. The van der Waals surface area contributed by atoms with Gasteiger partial charge in [-0.3, -0.25) is 4.79 Å². The van der Waals surface area contributed by atoms with Crippen molar-refractivity contribution in [2.45, 2.75) is 31.2 Å². The number of rotatable bonds is 11. The number of nitrogens with zero attached hydrogens (tertiary/aromatic N) is 2. The summed E-state index contributed by atoms with van der Waals surface area (Å²) >= 11 is 0. The van der Waals surface area contributed by atoms with Crippen molar-refractivity contribution in [3.05, 3.63) is 90.1 Å². The van der Waals surface area contributed by atoms with E-state index in [2.05, 4.69) is 0 Å². The summed E-state index contributed by atoms with van der Waals surface area (Å²) in [6.07, 6.45) is 2.71. The molecule has 0 saturated carbocycles. The molecule has 0 atom stereocenters. The highest BCUT2D eigenvalue weighted by atomic mass is 32.2. The van der Waals surface area contributed by atoms with Crippen LogP contribution in [-0.4, -0.2) is 43.2 Å². The first-order chi connectivity index (χ1) is 15.4. The van der Waals surface area contributed by atoms with E-state index in [9.17, 15) is 17.6 Å². The van der Waals surface area contributed by atoms with Crippen molar-refractivity contribution in [3.8, 4) is 0 Å². The molecule has 2 aromatic carbocycles. The van der Waals surface area contributed by atoms with E-state index in [1.165, 1.54) is 18.4 Å². The molecule has 0 saturated heterocycles. The monoisotopic (exact) mass is 458 g/mol. The van der Waals surface area contributed by atoms with Gasteiger partial charge in [-0.2, -0.15) is 4.31 Å². The van der Waals surface area contributed by atoms with Crippen LogP contribution in [0.2, 0.25) is 0 Å². The minimum Gasteiger partial charge on any atom is -0.467 e. The predicted molar refractivity (Wildman–Crippen MR) is 120 cm³/mol. The van der Waals surface area contributed by atoms with E-state index < -0.39 is 15.8 Å². The van der Waals surface area contributed by atoms with E-state index in [-0.39, 0.29) is 30.4 Å². The normalized spacial score (nSPS) is 11.6. The molecule has 3 rings (SSSR count). The van der Waals surface area contributed by atoms with Gasteiger partial charge in [0.1, 0.15) is 11.6 Å². The minimum atomic E-state index is -3.94.